The minimum atomic E-state index is -1.20. The molecule has 4 heterocycles. The van der Waals surface area contributed by atoms with Crippen molar-refractivity contribution in [3.63, 3.8) is 0 Å². The van der Waals surface area contributed by atoms with Crippen LogP contribution in [0.5, 0.6) is 0 Å². The number of nitrogens with one attached hydrogen (secondary N) is 3. The maximum Gasteiger partial charge on any atom is 0.253 e. The van der Waals surface area contributed by atoms with Gasteiger partial charge in [-0.05, 0) is 52.2 Å². The van der Waals surface area contributed by atoms with Crippen molar-refractivity contribution in [1.29, 1.82) is 0 Å². The zero-order valence-electron chi connectivity index (χ0n) is 19.2. The van der Waals surface area contributed by atoms with E-state index in [1.165, 1.54) is 12.7 Å². The van der Waals surface area contributed by atoms with E-state index in [-0.39, 0.29) is 11.9 Å². The van der Waals surface area contributed by atoms with E-state index < -0.39 is 5.60 Å². The lowest BCUT2D eigenvalue weighted by molar-refractivity contribution is -0.148. The molecule has 5 rings (SSSR count). The lowest BCUT2D eigenvalue weighted by atomic mass is 10.1. The van der Waals surface area contributed by atoms with Gasteiger partial charge >= 0.3 is 0 Å². The van der Waals surface area contributed by atoms with Crippen molar-refractivity contribution in [2.45, 2.75) is 51.7 Å². The molecular formula is C23H30N8O2. The number of carbonyl (C=O) groups is 1. The Hall–Kier alpha value is -3.53. The molecule has 1 aromatic carbocycles. The van der Waals surface area contributed by atoms with Gasteiger partial charge in [0.25, 0.3) is 5.91 Å². The molecule has 4 aromatic rings. The van der Waals surface area contributed by atoms with Crippen molar-refractivity contribution in [3.05, 3.63) is 42.7 Å². The number of anilines is 1. The number of likely N-dealkylation sites (tertiary alicyclic amines) is 1. The Labute approximate surface area is 191 Å². The fraction of sp³-hybridized carbons (Fsp3) is 0.435. The van der Waals surface area contributed by atoms with Gasteiger partial charge in [-0.3, -0.25) is 4.79 Å². The summed E-state index contributed by atoms with van der Waals surface area (Å²) in [5.41, 5.74) is 2.22. The number of aromatic amines is 2. The molecule has 3 aromatic heterocycles. The smallest absolute Gasteiger partial charge is 0.253 e. The molecule has 174 valence electrons. The van der Waals surface area contributed by atoms with Crippen LogP contribution in [0, 0.1) is 0 Å². The Morgan fingerprint density at radius 1 is 1.15 bits per heavy atom. The number of hydrogen-bond donors (Lipinski definition) is 4. The first kappa shape index (κ1) is 22.7. The van der Waals surface area contributed by atoms with Gasteiger partial charge in [-0.2, -0.15) is 0 Å². The number of benzene rings is 1. The van der Waals surface area contributed by atoms with Crippen molar-refractivity contribution in [3.8, 4) is 0 Å². The predicted octanol–water partition coefficient (Wildman–Crippen LogP) is 3.17. The molecule has 1 atom stereocenters. The largest absolute Gasteiger partial charge is 0.381 e. The summed E-state index contributed by atoms with van der Waals surface area (Å²) in [5.74, 6) is 1.44. The summed E-state index contributed by atoms with van der Waals surface area (Å²) in [5, 5.41) is 12.8. The summed E-state index contributed by atoms with van der Waals surface area (Å²) in [4.78, 5) is 36.7. The van der Waals surface area contributed by atoms with E-state index >= 15 is 0 Å². The van der Waals surface area contributed by atoms with E-state index in [1.54, 1.807) is 25.1 Å². The lowest BCUT2D eigenvalue weighted by Gasteiger charge is -2.31. The number of rotatable bonds is 4. The Bertz CT molecular complexity index is 1190. The SMILES string of the molecule is CC(C)(O)C(=O)N1CCCCC1.C[C@H](Nc1ncnc2nc[nH]c12)c1nc2ccccc2[nH]1. The third-order valence-electron chi connectivity index (χ3n) is 5.56. The molecule has 1 saturated heterocycles. The fourth-order valence-corrected chi connectivity index (χ4v) is 3.81. The second kappa shape index (κ2) is 9.53. The van der Waals surface area contributed by atoms with Gasteiger partial charge in [-0.1, -0.05) is 12.1 Å². The number of hydrogen-bond acceptors (Lipinski definition) is 7. The molecule has 1 fully saturated rings. The van der Waals surface area contributed by atoms with Crippen LogP contribution in [0.4, 0.5) is 5.82 Å². The Morgan fingerprint density at radius 3 is 2.64 bits per heavy atom. The highest BCUT2D eigenvalue weighted by molar-refractivity contribution is 5.84. The first-order chi connectivity index (χ1) is 15.8. The highest BCUT2D eigenvalue weighted by Gasteiger charge is 2.29. The first-order valence-electron chi connectivity index (χ1n) is 11.2. The maximum absolute atomic E-state index is 11.5. The molecule has 0 spiro atoms. The number of aromatic nitrogens is 6. The number of nitrogens with zero attached hydrogens (tertiary/aromatic N) is 5. The molecule has 0 bridgehead atoms. The third-order valence-corrected chi connectivity index (χ3v) is 5.56. The summed E-state index contributed by atoms with van der Waals surface area (Å²) < 4.78 is 0. The topological polar surface area (TPSA) is 136 Å². The van der Waals surface area contributed by atoms with Crippen LogP contribution in [0.3, 0.4) is 0 Å². The summed E-state index contributed by atoms with van der Waals surface area (Å²) in [7, 11) is 0. The molecule has 0 aliphatic carbocycles. The van der Waals surface area contributed by atoms with Gasteiger partial charge in [0.2, 0.25) is 0 Å². The number of piperidine rings is 1. The molecule has 10 nitrogen and oxygen atoms in total. The van der Waals surface area contributed by atoms with Gasteiger partial charge in [-0.15, -0.1) is 0 Å². The Kier molecular flexibility index (Phi) is 6.55. The Balaban J connectivity index is 0.000000185. The van der Waals surface area contributed by atoms with Gasteiger partial charge in [0.15, 0.2) is 11.5 Å². The van der Waals surface area contributed by atoms with E-state index in [2.05, 4.69) is 35.2 Å². The molecule has 0 radical (unpaired) electrons. The van der Waals surface area contributed by atoms with Crippen molar-refractivity contribution in [1.82, 2.24) is 34.8 Å². The summed E-state index contributed by atoms with van der Waals surface area (Å²) in [6.45, 7) is 6.74. The number of fused-ring (bicyclic) bond motifs is 2. The molecule has 4 N–H and O–H groups in total. The van der Waals surface area contributed by atoms with Crippen molar-refractivity contribution >= 4 is 33.9 Å². The normalized spacial score (nSPS) is 15.2. The number of amides is 1. The fourth-order valence-electron chi connectivity index (χ4n) is 3.81. The monoisotopic (exact) mass is 450 g/mol. The predicted molar refractivity (Wildman–Crippen MR) is 127 cm³/mol. The van der Waals surface area contributed by atoms with Crippen LogP contribution in [0.2, 0.25) is 0 Å². The number of aliphatic hydroxyl groups is 1. The maximum atomic E-state index is 11.5. The minimum absolute atomic E-state index is 0.0150. The quantitative estimate of drug-likeness (QED) is 0.375. The molecule has 1 aliphatic heterocycles. The van der Waals surface area contributed by atoms with Crippen LogP contribution < -0.4 is 5.32 Å². The molecular weight excluding hydrogens is 420 g/mol. The van der Waals surface area contributed by atoms with Crippen molar-refractivity contribution in [2.75, 3.05) is 18.4 Å². The second-order valence-electron chi connectivity index (χ2n) is 8.74. The molecule has 0 unspecified atom stereocenters. The van der Waals surface area contributed by atoms with E-state index in [9.17, 15) is 9.90 Å². The first-order valence-corrected chi connectivity index (χ1v) is 11.2. The van der Waals surface area contributed by atoms with Gasteiger partial charge in [0.05, 0.1) is 23.4 Å². The third kappa shape index (κ3) is 5.28. The summed E-state index contributed by atoms with van der Waals surface area (Å²) in [6, 6.07) is 7.94. The van der Waals surface area contributed by atoms with Crippen LogP contribution in [-0.2, 0) is 4.79 Å². The number of imidazole rings is 2. The van der Waals surface area contributed by atoms with E-state index in [1.807, 2.05) is 31.2 Å². The molecule has 0 saturated carbocycles. The molecule has 33 heavy (non-hydrogen) atoms. The van der Waals surface area contributed by atoms with Gasteiger partial charge in [-0.25, -0.2) is 19.9 Å². The van der Waals surface area contributed by atoms with Gasteiger partial charge in [0.1, 0.15) is 23.3 Å². The number of carbonyl (C=O) groups excluding carboxylic acids is 1. The number of H-pyrrole nitrogens is 2. The van der Waals surface area contributed by atoms with E-state index in [0.29, 0.717) is 11.5 Å². The average Bonchev–Trinajstić information content (AvgIpc) is 3.46. The Morgan fingerprint density at radius 2 is 1.91 bits per heavy atom. The van der Waals surface area contributed by atoms with Gasteiger partial charge in [0, 0.05) is 13.1 Å². The van der Waals surface area contributed by atoms with Crippen LogP contribution >= 0.6 is 0 Å². The molecule has 10 heteroatoms. The second-order valence-corrected chi connectivity index (χ2v) is 8.74. The molecule has 1 aliphatic rings. The standard InChI is InChI=1S/C14H13N7.C9H17NO2/c1-8(12-20-9-4-2-3-5-10(9)21-12)19-14-11-13(16-6-15-11)17-7-18-14;1-9(2,12)8(11)10-6-4-3-5-7-10/h2-8H,1H3,(H,20,21)(H2,15,16,17,18,19);12H,3-7H2,1-2H3/t8-;/m0./s1. The lowest BCUT2D eigenvalue weighted by Crippen LogP contribution is -2.47. The van der Waals surface area contributed by atoms with Crippen LogP contribution in [0.1, 0.15) is 51.9 Å². The average molecular weight is 451 g/mol. The van der Waals surface area contributed by atoms with Crippen molar-refractivity contribution < 1.29 is 9.90 Å². The van der Waals surface area contributed by atoms with Crippen molar-refractivity contribution in [2.24, 2.45) is 0 Å². The summed E-state index contributed by atoms with van der Waals surface area (Å²) in [6.07, 6.45) is 6.45. The van der Waals surface area contributed by atoms with E-state index in [4.69, 9.17) is 0 Å². The van der Waals surface area contributed by atoms with Crippen LogP contribution in [-0.4, -0.2) is 64.5 Å². The number of para-hydroxylation sites is 2. The zero-order chi connectivity index (χ0) is 23.4. The molecule has 1 amide bonds. The minimum Gasteiger partial charge on any atom is -0.381 e. The van der Waals surface area contributed by atoms with E-state index in [0.717, 1.165) is 48.3 Å². The van der Waals surface area contributed by atoms with Crippen LogP contribution in [0.15, 0.2) is 36.9 Å². The van der Waals surface area contributed by atoms with Gasteiger partial charge < -0.3 is 25.3 Å². The van der Waals surface area contributed by atoms with Crippen LogP contribution in [0.25, 0.3) is 22.2 Å². The zero-order valence-corrected chi connectivity index (χ0v) is 19.2. The summed E-state index contributed by atoms with van der Waals surface area (Å²) >= 11 is 0. The highest BCUT2D eigenvalue weighted by atomic mass is 16.3. The highest BCUT2D eigenvalue weighted by Crippen LogP contribution is 2.22.